The summed E-state index contributed by atoms with van der Waals surface area (Å²) in [7, 11) is 1.65. The van der Waals surface area contributed by atoms with E-state index >= 15 is 0 Å². The number of anilines is 1. The Morgan fingerprint density at radius 3 is 2.44 bits per heavy atom. The maximum absolute atomic E-state index is 12.5. The molecule has 0 heterocycles. The third-order valence-corrected chi connectivity index (χ3v) is 2.52. The van der Waals surface area contributed by atoms with Gasteiger partial charge in [-0.2, -0.15) is 13.2 Å². The summed E-state index contributed by atoms with van der Waals surface area (Å²) < 4.78 is 37.5. The molecule has 0 saturated heterocycles. The van der Waals surface area contributed by atoms with Crippen molar-refractivity contribution in [3.05, 3.63) is 29.3 Å². The van der Waals surface area contributed by atoms with E-state index in [0.29, 0.717) is 12.6 Å². The number of carbonyl (C=O) groups is 1. The Kier molecular flexibility index (Phi) is 4.21. The van der Waals surface area contributed by atoms with E-state index in [1.165, 1.54) is 6.07 Å². The zero-order chi connectivity index (χ0) is 13.9. The highest BCUT2D eigenvalue weighted by atomic mass is 19.4. The predicted molar refractivity (Wildman–Crippen MR) is 62.0 cm³/mol. The highest BCUT2D eigenvalue weighted by Gasteiger charge is 2.32. The number of halogens is 3. The fraction of sp³-hybridized carbons (Fsp3) is 0.417. The van der Waals surface area contributed by atoms with Gasteiger partial charge in [0, 0.05) is 13.6 Å². The fourth-order valence-electron chi connectivity index (χ4n) is 1.67. The van der Waals surface area contributed by atoms with Gasteiger partial charge < -0.3 is 10.0 Å². The first-order chi connectivity index (χ1) is 8.27. The third-order valence-electron chi connectivity index (χ3n) is 2.52. The Morgan fingerprint density at radius 1 is 1.39 bits per heavy atom. The molecule has 1 N–H and O–H groups in total. The van der Waals surface area contributed by atoms with Crippen LogP contribution in [0.5, 0.6) is 0 Å². The molecule has 0 aliphatic carbocycles. The molecule has 0 spiro atoms. The van der Waals surface area contributed by atoms with Crippen LogP contribution in [0.4, 0.5) is 18.9 Å². The number of hydrogen-bond acceptors (Lipinski definition) is 2. The van der Waals surface area contributed by atoms with Crippen molar-refractivity contribution in [1.82, 2.24) is 0 Å². The zero-order valence-corrected chi connectivity index (χ0v) is 10.1. The molecule has 1 rings (SSSR count). The van der Waals surface area contributed by atoms with Crippen molar-refractivity contribution >= 4 is 11.7 Å². The number of rotatable bonds is 4. The Bertz CT molecular complexity index is 443. The second-order valence-corrected chi connectivity index (χ2v) is 3.96. The van der Waals surface area contributed by atoms with Gasteiger partial charge in [0.25, 0.3) is 0 Å². The average Bonchev–Trinajstić information content (AvgIpc) is 2.27. The zero-order valence-electron chi connectivity index (χ0n) is 10.1. The van der Waals surface area contributed by atoms with E-state index in [2.05, 4.69) is 0 Å². The number of carboxylic acid groups (broad SMARTS) is 1. The SMILES string of the molecule is CCCN(C)c1ccc(C(F)(F)F)cc1C(=O)O. The molecule has 0 saturated carbocycles. The smallest absolute Gasteiger partial charge is 0.416 e. The summed E-state index contributed by atoms with van der Waals surface area (Å²) >= 11 is 0. The van der Waals surface area contributed by atoms with Crippen LogP contribution in [0.2, 0.25) is 0 Å². The number of aromatic carboxylic acids is 1. The normalized spacial score (nSPS) is 11.4. The van der Waals surface area contributed by atoms with Gasteiger partial charge in [-0.3, -0.25) is 0 Å². The number of benzene rings is 1. The van der Waals surface area contributed by atoms with Crippen LogP contribution in [0.1, 0.15) is 29.3 Å². The molecule has 0 aliphatic heterocycles. The van der Waals surface area contributed by atoms with Gasteiger partial charge in [0.1, 0.15) is 0 Å². The second kappa shape index (κ2) is 5.29. The van der Waals surface area contributed by atoms with Crippen molar-refractivity contribution in [2.75, 3.05) is 18.5 Å². The van der Waals surface area contributed by atoms with E-state index in [0.717, 1.165) is 12.5 Å². The molecule has 0 aliphatic rings. The monoisotopic (exact) mass is 261 g/mol. The molecule has 0 bridgehead atoms. The lowest BCUT2D eigenvalue weighted by molar-refractivity contribution is -0.137. The van der Waals surface area contributed by atoms with Crippen LogP contribution in [0, 0.1) is 0 Å². The molecule has 18 heavy (non-hydrogen) atoms. The molecule has 100 valence electrons. The van der Waals surface area contributed by atoms with Crippen molar-refractivity contribution in [2.45, 2.75) is 19.5 Å². The van der Waals surface area contributed by atoms with Crippen molar-refractivity contribution in [3.8, 4) is 0 Å². The van der Waals surface area contributed by atoms with Crippen LogP contribution < -0.4 is 4.90 Å². The quantitative estimate of drug-likeness (QED) is 0.904. The van der Waals surface area contributed by atoms with E-state index in [1.54, 1.807) is 11.9 Å². The molecular formula is C12H14F3NO2. The van der Waals surface area contributed by atoms with Crippen molar-refractivity contribution in [1.29, 1.82) is 0 Å². The Morgan fingerprint density at radius 2 is 2.00 bits per heavy atom. The fourth-order valence-corrected chi connectivity index (χ4v) is 1.67. The number of hydrogen-bond donors (Lipinski definition) is 1. The minimum Gasteiger partial charge on any atom is -0.478 e. The average molecular weight is 261 g/mol. The summed E-state index contributed by atoms with van der Waals surface area (Å²) in [5, 5.41) is 8.98. The Hall–Kier alpha value is -1.72. The maximum atomic E-state index is 12.5. The lowest BCUT2D eigenvalue weighted by Crippen LogP contribution is -2.21. The predicted octanol–water partition coefficient (Wildman–Crippen LogP) is 3.25. The van der Waals surface area contributed by atoms with E-state index in [4.69, 9.17) is 5.11 Å². The lowest BCUT2D eigenvalue weighted by atomic mass is 10.1. The first-order valence-corrected chi connectivity index (χ1v) is 5.43. The Balaban J connectivity index is 3.25. The van der Waals surface area contributed by atoms with Crippen molar-refractivity contribution < 1.29 is 23.1 Å². The van der Waals surface area contributed by atoms with Crippen LogP contribution in [0.3, 0.4) is 0 Å². The summed E-state index contributed by atoms with van der Waals surface area (Å²) in [5.41, 5.74) is -0.994. The van der Waals surface area contributed by atoms with Gasteiger partial charge >= 0.3 is 12.1 Å². The highest BCUT2D eigenvalue weighted by Crippen LogP contribution is 2.32. The molecule has 1 aromatic rings. The molecule has 6 heteroatoms. The third kappa shape index (κ3) is 3.15. The van der Waals surface area contributed by atoms with Crippen LogP contribution >= 0.6 is 0 Å². The Labute approximate surface area is 103 Å². The molecule has 0 fully saturated rings. The van der Waals surface area contributed by atoms with E-state index in [1.807, 2.05) is 6.92 Å². The maximum Gasteiger partial charge on any atom is 0.416 e. The van der Waals surface area contributed by atoms with Gasteiger partial charge in [-0.25, -0.2) is 4.79 Å². The minimum atomic E-state index is -4.54. The summed E-state index contributed by atoms with van der Waals surface area (Å²) in [6.07, 6.45) is -3.76. The molecular weight excluding hydrogens is 247 g/mol. The minimum absolute atomic E-state index is 0.289. The summed E-state index contributed by atoms with van der Waals surface area (Å²) in [6.45, 7) is 2.48. The largest absolute Gasteiger partial charge is 0.478 e. The van der Waals surface area contributed by atoms with E-state index < -0.39 is 17.7 Å². The first-order valence-electron chi connectivity index (χ1n) is 5.43. The molecule has 0 amide bonds. The summed E-state index contributed by atoms with van der Waals surface area (Å²) in [6, 6.07) is 2.76. The van der Waals surface area contributed by atoms with E-state index in [9.17, 15) is 18.0 Å². The highest BCUT2D eigenvalue weighted by molar-refractivity contribution is 5.94. The number of alkyl halides is 3. The van der Waals surface area contributed by atoms with Gasteiger partial charge in [-0.1, -0.05) is 6.92 Å². The molecule has 0 unspecified atom stereocenters. The van der Waals surface area contributed by atoms with Crippen LogP contribution in [0.15, 0.2) is 18.2 Å². The van der Waals surface area contributed by atoms with Gasteiger partial charge in [-0.15, -0.1) is 0 Å². The van der Waals surface area contributed by atoms with Crippen LogP contribution in [0.25, 0.3) is 0 Å². The summed E-state index contributed by atoms with van der Waals surface area (Å²) in [4.78, 5) is 12.6. The number of carboxylic acids is 1. The van der Waals surface area contributed by atoms with Gasteiger partial charge in [-0.05, 0) is 24.6 Å². The summed E-state index contributed by atoms with van der Waals surface area (Å²) in [5.74, 6) is -1.36. The molecule has 3 nitrogen and oxygen atoms in total. The number of nitrogens with zero attached hydrogens (tertiary/aromatic N) is 1. The standard InChI is InChI=1S/C12H14F3NO2/c1-3-6-16(2)10-5-4-8(12(13,14)15)7-9(10)11(17)18/h4-5,7H,3,6H2,1-2H3,(H,17,18). The molecule has 0 atom stereocenters. The van der Waals surface area contributed by atoms with Crippen LogP contribution in [-0.4, -0.2) is 24.7 Å². The van der Waals surface area contributed by atoms with Gasteiger partial charge in [0.2, 0.25) is 0 Å². The molecule has 0 aromatic heterocycles. The topological polar surface area (TPSA) is 40.5 Å². The van der Waals surface area contributed by atoms with Crippen molar-refractivity contribution in [2.24, 2.45) is 0 Å². The van der Waals surface area contributed by atoms with Gasteiger partial charge in [0.15, 0.2) is 0 Å². The van der Waals surface area contributed by atoms with E-state index in [-0.39, 0.29) is 11.3 Å². The molecule has 1 aromatic carbocycles. The molecule has 0 radical (unpaired) electrons. The van der Waals surface area contributed by atoms with Gasteiger partial charge in [0.05, 0.1) is 16.8 Å². The van der Waals surface area contributed by atoms with Crippen molar-refractivity contribution in [3.63, 3.8) is 0 Å². The van der Waals surface area contributed by atoms with Crippen LogP contribution in [-0.2, 0) is 6.18 Å². The first kappa shape index (κ1) is 14.3. The second-order valence-electron chi connectivity index (χ2n) is 3.96. The lowest BCUT2D eigenvalue weighted by Gasteiger charge is -2.21.